The summed E-state index contributed by atoms with van der Waals surface area (Å²) in [5.74, 6) is -1.81. The lowest BCUT2D eigenvalue weighted by atomic mass is 9.91. The molecule has 3 aliphatic rings. The highest BCUT2D eigenvalue weighted by Gasteiger charge is 2.38. The minimum absolute atomic E-state index is 0.185. The van der Waals surface area contributed by atoms with E-state index in [0.29, 0.717) is 19.0 Å². The highest BCUT2D eigenvalue weighted by Crippen LogP contribution is 2.40. The van der Waals surface area contributed by atoms with Crippen LogP contribution in [0.5, 0.6) is 0 Å². The van der Waals surface area contributed by atoms with Gasteiger partial charge in [-0.15, -0.1) is 0 Å². The maximum absolute atomic E-state index is 14.1. The second-order valence-corrected chi connectivity index (χ2v) is 7.31. The van der Waals surface area contributed by atoms with Gasteiger partial charge in [0.25, 0.3) is 0 Å². The molecule has 2 fully saturated rings. The van der Waals surface area contributed by atoms with Gasteiger partial charge in [0.15, 0.2) is 0 Å². The molecule has 1 saturated carbocycles. The highest BCUT2D eigenvalue weighted by molar-refractivity contribution is 6.08. The summed E-state index contributed by atoms with van der Waals surface area (Å²) in [6.45, 7) is 0.765. The maximum atomic E-state index is 14.1. The van der Waals surface area contributed by atoms with Gasteiger partial charge in [0, 0.05) is 19.5 Å². The first-order chi connectivity index (χ1) is 12.0. The Morgan fingerprint density at radius 1 is 1.12 bits per heavy atom. The van der Waals surface area contributed by atoms with Crippen molar-refractivity contribution in [2.45, 2.75) is 57.5 Å². The fourth-order valence-electron chi connectivity index (χ4n) is 4.41. The molecular weight excluding hydrogens is 323 g/mol. The quantitative estimate of drug-likeness (QED) is 0.662. The highest BCUT2D eigenvalue weighted by atomic mass is 19.1. The summed E-state index contributed by atoms with van der Waals surface area (Å²) in [4.78, 5) is 37.6. The Kier molecular flexibility index (Phi) is 4.06. The largest absolute Gasteiger partial charge is 0.333 e. The lowest BCUT2D eigenvalue weighted by molar-refractivity contribution is -0.146. The van der Waals surface area contributed by atoms with Gasteiger partial charge in [0.1, 0.15) is 11.7 Å². The van der Waals surface area contributed by atoms with E-state index in [9.17, 15) is 18.8 Å². The van der Waals surface area contributed by atoms with Gasteiger partial charge in [-0.25, -0.2) is 4.39 Å². The van der Waals surface area contributed by atoms with E-state index in [2.05, 4.69) is 5.32 Å². The van der Waals surface area contributed by atoms with Crippen LogP contribution in [0.2, 0.25) is 0 Å². The zero-order valence-corrected chi connectivity index (χ0v) is 14.0. The summed E-state index contributed by atoms with van der Waals surface area (Å²) in [6, 6.07) is 3.13. The molecule has 2 heterocycles. The molecule has 1 N–H and O–H groups in total. The molecule has 0 radical (unpaired) electrons. The van der Waals surface area contributed by atoms with Crippen LogP contribution in [0.3, 0.4) is 0 Å². The third-order valence-electron chi connectivity index (χ3n) is 5.70. The van der Waals surface area contributed by atoms with E-state index in [0.717, 1.165) is 42.4 Å². The number of amides is 3. The summed E-state index contributed by atoms with van der Waals surface area (Å²) in [5, 5.41) is 2.23. The van der Waals surface area contributed by atoms with Gasteiger partial charge in [-0.3, -0.25) is 19.7 Å². The van der Waals surface area contributed by atoms with Crippen LogP contribution in [0.25, 0.3) is 0 Å². The maximum Gasteiger partial charge on any atom is 0.239 e. The summed E-state index contributed by atoms with van der Waals surface area (Å²) in [5.41, 5.74) is 2.93. The monoisotopic (exact) mass is 344 g/mol. The SMILES string of the molecule is O=C1CCC(C(=O)N2Cc3cc(F)cc(C4CCCC4)c3C2)C(=O)N1. The normalized spacial score (nSPS) is 23.7. The molecule has 0 aromatic heterocycles. The van der Waals surface area contributed by atoms with E-state index in [1.165, 1.54) is 6.07 Å². The number of imide groups is 1. The third-order valence-corrected chi connectivity index (χ3v) is 5.70. The van der Waals surface area contributed by atoms with Gasteiger partial charge in [-0.05, 0) is 54.0 Å². The van der Waals surface area contributed by atoms with Crippen LogP contribution < -0.4 is 5.32 Å². The summed E-state index contributed by atoms with van der Waals surface area (Å²) in [7, 11) is 0. The first kappa shape index (κ1) is 16.2. The minimum atomic E-state index is -0.813. The molecule has 6 heteroatoms. The number of halogens is 1. The number of nitrogens with one attached hydrogen (secondary N) is 1. The van der Waals surface area contributed by atoms with Crippen LogP contribution in [-0.4, -0.2) is 22.6 Å². The molecule has 1 aromatic rings. The molecule has 2 aliphatic heterocycles. The second-order valence-electron chi connectivity index (χ2n) is 7.31. The molecule has 1 aliphatic carbocycles. The van der Waals surface area contributed by atoms with Crippen molar-refractivity contribution in [1.29, 1.82) is 0 Å². The van der Waals surface area contributed by atoms with Crippen molar-refractivity contribution in [1.82, 2.24) is 10.2 Å². The molecule has 1 unspecified atom stereocenters. The van der Waals surface area contributed by atoms with E-state index >= 15 is 0 Å². The lowest BCUT2D eigenvalue weighted by Crippen LogP contribution is -2.47. The Morgan fingerprint density at radius 2 is 1.88 bits per heavy atom. The fraction of sp³-hybridized carbons (Fsp3) is 0.526. The van der Waals surface area contributed by atoms with Crippen LogP contribution in [0, 0.1) is 11.7 Å². The van der Waals surface area contributed by atoms with E-state index in [1.54, 1.807) is 11.0 Å². The van der Waals surface area contributed by atoms with Crippen molar-refractivity contribution in [2.24, 2.45) is 5.92 Å². The number of carbonyl (C=O) groups excluding carboxylic acids is 3. The van der Waals surface area contributed by atoms with Gasteiger partial charge < -0.3 is 4.90 Å². The summed E-state index contributed by atoms with van der Waals surface area (Å²) in [6.07, 6.45) is 4.89. The number of hydrogen-bond donors (Lipinski definition) is 1. The van der Waals surface area contributed by atoms with Crippen molar-refractivity contribution < 1.29 is 18.8 Å². The van der Waals surface area contributed by atoms with Gasteiger partial charge in [0.2, 0.25) is 17.7 Å². The number of piperidine rings is 1. The number of benzene rings is 1. The van der Waals surface area contributed by atoms with E-state index in [1.807, 2.05) is 0 Å². The predicted molar refractivity (Wildman–Crippen MR) is 87.7 cm³/mol. The van der Waals surface area contributed by atoms with Crippen LogP contribution in [0.4, 0.5) is 4.39 Å². The molecule has 132 valence electrons. The smallest absolute Gasteiger partial charge is 0.239 e. The topological polar surface area (TPSA) is 66.5 Å². The molecule has 3 amide bonds. The average Bonchev–Trinajstić information content (AvgIpc) is 3.23. The number of hydrogen-bond acceptors (Lipinski definition) is 3. The molecule has 0 spiro atoms. The first-order valence-electron chi connectivity index (χ1n) is 8.96. The molecule has 1 atom stereocenters. The Hall–Kier alpha value is -2.24. The van der Waals surface area contributed by atoms with Gasteiger partial charge in [0.05, 0.1) is 0 Å². The molecular formula is C19H21FN2O3. The number of fused-ring (bicyclic) bond motifs is 1. The van der Waals surface area contributed by atoms with Gasteiger partial charge in [-0.1, -0.05) is 12.8 Å². The third kappa shape index (κ3) is 2.94. The number of nitrogens with zero attached hydrogens (tertiary/aromatic N) is 1. The molecule has 4 rings (SSSR count). The van der Waals surface area contributed by atoms with E-state index < -0.39 is 11.8 Å². The van der Waals surface area contributed by atoms with Crippen molar-refractivity contribution >= 4 is 17.7 Å². The Morgan fingerprint density at radius 3 is 2.60 bits per heavy atom. The first-order valence-corrected chi connectivity index (χ1v) is 8.96. The molecule has 5 nitrogen and oxygen atoms in total. The number of rotatable bonds is 2. The van der Waals surface area contributed by atoms with Crippen LogP contribution in [0.1, 0.15) is 61.1 Å². The minimum Gasteiger partial charge on any atom is -0.333 e. The molecule has 1 saturated heterocycles. The Balaban J connectivity index is 1.56. The van der Waals surface area contributed by atoms with Crippen molar-refractivity contribution in [3.63, 3.8) is 0 Å². The Bertz CT molecular complexity index is 755. The zero-order valence-electron chi connectivity index (χ0n) is 14.0. The zero-order chi connectivity index (χ0) is 17.6. The lowest BCUT2D eigenvalue weighted by Gasteiger charge is -2.25. The van der Waals surface area contributed by atoms with Crippen LogP contribution in [-0.2, 0) is 27.5 Å². The fourth-order valence-corrected chi connectivity index (χ4v) is 4.41. The standard InChI is InChI=1S/C19H21FN2O3/c20-13-7-12-9-22(19(25)14-5-6-17(23)21-18(14)24)10-16(12)15(8-13)11-3-1-2-4-11/h7-8,11,14H,1-6,9-10H2,(H,21,23,24). The van der Waals surface area contributed by atoms with Gasteiger partial charge >= 0.3 is 0 Å². The van der Waals surface area contributed by atoms with Crippen LogP contribution in [0.15, 0.2) is 12.1 Å². The molecule has 0 bridgehead atoms. The van der Waals surface area contributed by atoms with E-state index in [-0.39, 0.29) is 30.5 Å². The molecule has 25 heavy (non-hydrogen) atoms. The Labute approximate surface area is 145 Å². The summed E-state index contributed by atoms with van der Waals surface area (Å²) < 4.78 is 14.1. The average molecular weight is 344 g/mol. The van der Waals surface area contributed by atoms with Crippen molar-refractivity contribution in [2.75, 3.05) is 0 Å². The second kappa shape index (κ2) is 6.24. The van der Waals surface area contributed by atoms with Crippen molar-refractivity contribution in [3.8, 4) is 0 Å². The van der Waals surface area contributed by atoms with Crippen molar-refractivity contribution in [3.05, 3.63) is 34.6 Å². The summed E-state index contributed by atoms with van der Waals surface area (Å²) >= 11 is 0. The molecule has 1 aromatic carbocycles. The predicted octanol–water partition coefficient (Wildman–Crippen LogP) is 2.38. The van der Waals surface area contributed by atoms with Gasteiger partial charge in [-0.2, -0.15) is 0 Å². The number of carbonyl (C=O) groups is 3. The van der Waals surface area contributed by atoms with Crippen LogP contribution >= 0.6 is 0 Å². The van der Waals surface area contributed by atoms with E-state index in [4.69, 9.17) is 0 Å².